The first-order chi connectivity index (χ1) is 11.1. The van der Waals surface area contributed by atoms with Crippen LogP contribution in [-0.2, 0) is 6.54 Å². The lowest BCUT2D eigenvalue weighted by molar-refractivity contribution is 0.0950. The van der Waals surface area contributed by atoms with Crippen molar-refractivity contribution in [2.75, 3.05) is 13.9 Å². The summed E-state index contributed by atoms with van der Waals surface area (Å²) in [5, 5.41) is 3.47. The number of amides is 1. The van der Waals surface area contributed by atoms with Crippen molar-refractivity contribution in [1.82, 2.24) is 5.32 Å². The summed E-state index contributed by atoms with van der Waals surface area (Å²) in [6.07, 6.45) is 0. The smallest absolute Gasteiger partial charge is 0.251 e. The van der Waals surface area contributed by atoms with Crippen LogP contribution in [0.2, 0.25) is 5.02 Å². The van der Waals surface area contributed by atoms with Crippen LogP contribution in [0.1, 0.15) is 21.5 Å². The number of fused-ring (bicyclic) bond motifs is 1. The lowest BCUT2D eigenvalue weighted by Gasteiger charge is -2.13. The molecule has 6 heteroatoms. The van der Waals surface area contributed by atoms with E-state index in [0.717, 1.165) is 16.9 Å². The van der Waals surface area contributed by atoms with E-state index in [4.69, 9.17) is 25.8 Å². The van der Waals surface area contributed by atoms with Gasteiger partial charge in [-0.25, -0.2) is 0 Å². The number of aryl methyl sites for hydroxylation is 1. The lowest BCUT2D eigenvalue weighted by Crippen LogP contribution is -2.23. The highest BCUT2D eigenvalue weighted by molar-refractivity contribution is 6.30. The van der Waals surface area contributed by atoms with Crippen molar-refractivity contribution in [1.29, 1.82) is 0 Å². The number of carbonyl (C=O) groups is 1. The molecule has 0 radical (unpaired) electrons. The zero-order valence-electron chi connectivity index (χ0n) is 12.8. The predicted molar refractivity (Wildman–Crippen MR) is 86.5 cm³/mol. The summed E-state index contributed by atoms with van der Waals surface area (Å²) >= 11 is 6.08. The van der Waals surface area contributed by atoms with Crippen molar-refractivity contribution >= 4 is 17.5 Å². The highest BCUT2D eigenvalue weighted by atomic mass is 35.5. The minimum Gasteiger partial charge on any atom is -0.496 e. The normalized spacial score (nSPS) is 12.1. The molecule has 2 aromatic carbocycles. The number of methoxy groups -OCH3 is 1. The van der Waals surface area contributed by atoms with Crippen LogP contribution < -0.4 is 19.5 Å². The third kappa shape index (κ3) is 3.19. The Hall–Kier alpha value is -2.40. The van der Waals surface area contributed by atoms with Crippen LogP contribution >= 0.6 is 11.6 Å². The number of ether oxygens (including phenoxy) is 3. The molecule has 0 atom stereocenters. The highest BCUT2D eigenvalue weighted by Crippen LogP contribution is 2.32. The minimum absolute atomic E-state index is 0.180. The Balaban J connectivity index is 1.74. The predicted octanol–water partition coefficient (Wildman–Crippen LogP) is 3.32. The fraction of sp³-hybridized carbons (Fsp3) is 0.235. The number of carbonyl (C=O) groups excluding carboxylic acids is 1. The Kier molecular flexibility index (Phi) is 4.30. The van der Waals surface area contributed by atoms with Gasteiger partial charge in [-0.1, -0.05) is 11.6 Å². The van der Waals surface area contributed by atoms with Crippen LogP contribution in [0.4, 0.5) is 0 Å². The summed E-state index contributed by atoms with van der Waals surface area (Å²) < 4.78 is 15.9. The summed E-state index contributed by atoms with van der Waals surface area (Å²) in [4.78, 5) is 12.3. The van der Waals surface area contributed by atoms with E-state index >= 15 is 0 Å². The van der Waals surface area contributed by atoms with Crippen LogP contribution in [0.3, 0.4) is 0 Å². The minimum atomic E-state index is -0.206. The number of rotatable bonds is 4. The maximum absolute atomic E-state index is 12.3. The number of benzene rings is 2. The SMILES string of the molecule is COc1c(C)cc(Cl)cc1CNC(=O)c1ccc2c(c1)OCO2. The number of halogens is 1. The first-order valence-electron chi connectivity index (χ1n) is 7.09. The maximum Gasteiger partial charge on any atom is 0.251 e. The van der Waals surface area contributed by atoms with E-state index < -0.39 is 0 Å². The topological polar surface area (TPSA) is 56.8 Å². The molecule has 0 saturated heterocycles. The van der Waals surface area contributed by atoms with Gasteiger partial charge in [0.1, 0.15) is 5.75 Å². The highest BCUT2D eigenvalue weighted by Gasteiger charge is 2.16. The molecule has 3 rings (SSSR count). The lowest BCUT2D eigenvalue weighted by atomic mass is 10.1. The molecule has 23 heavy (non-hydrogen) atoms. The summed E-state index contributed by atoms with van der Waals surface area (Å²) in [5.74, 6) is 1.74. The van der Waals surface area contributed by atoms with E-state index in [1.165, 1.54) is 0 Å². The Bertz CT molecular complexity index is 760. The summed E-state index contributed by atoms with van der Waals surface area (Å²) in [6, 6.07) is 8.69. The van der Waals surface area contributed by atoms with Crippen molar-refractivity contribution in [2.24, 2.45) is 0 Å². The van der Waals surface area contributed by atoms with Crippen LogP contribution in [0.15, 0.2) is 30.3 Å². The van der Waals surface area contributed by atoms with Gasteiger partial charge in [0.05, 0.1) is 7.11 Å². The second-order valence-electron chi connectivity index (χ2n) is 5.17. The maximum atomic E-state index is 12.3. The Morgan fingerprint density at radius 2 is 2.04 bits per heavy atom. The molecule has 5 nitrogen and oxygen atoms in total. The molecule has 1 N–H and O–H groups in total. The molecule has 1 heterocycles. The Labute approximate surface area is 139 Å². The molecule has 1 aliphatic heterocycles. The van der Waals surface area contributed by atoms with Gasteiger partial charge in [0, 0.05) is 22.7 Å². The van der Waals surface area contributed by atoms with Gasteiger partial charge >= 0.3 is 0 Å². The van der Waals surface area contributed by atoms with Gasteiger partial charge in [-0.2, -0.15) is 0 Å². The van der Waals surface area contributed by atoms with Gasteiger partial charge in [-0.3, -0.25) is 4.79 Å². The van der Waals surface area contributed by atoms with Gasteiger partial charge < -0.3 is 19.5 Å². The van der Waals surface area contributed by atoms with Crippen LogP contribution in [0, 0.1) is 6.92 Å². The van der Waals surface area contributed by atoms with Crippen LogP contribution in [-0.4, -0.2) is 19.8 Å². The molecule has 0 saturated carbocycles. The fourth-order valence-corrected chi connectivity index (χ4v) is 2.83. The molecule has 0 fully saturated rings. The quantitative estimate of drug-likeness (QED) is 0.932. The van der Waals surface area contributed by atoms with E-state index in [0.29, 0.717) is 28.6 Å². The average molecular weight is 334 g/mol. The third-order valence-corrected chi connectivity index (χ3v) is 3.81. The average Bonchev–Trinajstić information content (AvgIpc) is 2.99. The number of hydrogen-bond donors (Lipinski definition) is 1. The molecule has 2 aromatic rings. The second kappa shape index (κ2) is 6.38. The molecule has 120 valence electrons. The first kappa shape index (κ1) is 15.5. The van der Waals surface area contributed by atoms with Crippen molar-refractivity contribution < 1.29 is 19.0 Å². The summed E-state index contributed by atoms with van der Waals surface area (Å²) in [5.41, 5.74) is 2.26. The monoisotopic (exact) mass is 333 g/mol. The zero-order valence-corrected chi connectivity index (χ0v) is 13.6. The molecule has 1 amide bonds. The molecule has 0 spiro atoms. The molecule has 0 aliphatic carbocycles. The standard InChI is InChI=1S/C17H16ClNO4/c1-10-5-13(18)6-12(16(10)21-2)8-19-17(20)11-3-4-14-15(7-11)23-9-22-14/h3-7H,8-9H2,1-2H3,(H,19,20). The largest absolute Gasteiger partial charge is 0.496 e. The van der Waals surface area contributed by atoms with Gasteiger partial charge in [0.15, 0.2) is 11.5 Å². The molecule has 0 aromatic heterocycles. The van der Waals surface area contributed by atoms with Gasteiger partial charge in [-0.15, -0.1) is 0 Å². The van der Waals surface area contributed by atoms with E-state index in [9.17, 15) is 4.79 Å². The van der Waals surface area contributed by atoms with Crippen molar-refractivity contribution in [2.45, 2.75) is 13.5 Å². The molecule has 1 aliphatic rings. The molecular formula is C17H16ClNO4. The fourth-order valence-electron chi connectivity index (χ4n) is 2.54. The number of nitrogens with one attached hydrogen (secondary N) is 1. The van der Waals surface area contributed by atoms with Crippen LogP contribution in [0.5, 0.6) is 17.2 Å². The van der Waals surface area contributed by atoms with E-state index in [-0.39, 0.29) is 12.7 Å². The number of hydrogen-bond acceptors (Lipinski definition) is 4. The zero-order chi connectivity index (χ0) is 16.4. The van der Waals surface area contributed by atoms with Crippen molar-refractivity contribution in [3.8, 4) is 17.2 Å². The van der Waals surface area contributed by atoms with Gasteiger partial charge in [-0.05, 0) is 42.8 Å². The molecule has 0 unspecified atom stereocenters. The van der Waals surface area contributed by atoms with E-state index in [2.05, 4.69) is 5.32 Å². The summed E-state index contributed by atoms with van der Waals surface area (Å²) in [7, 11) is 1.60. The van der Waals surface area contributed by atoms with Crippen molar-refractivity contribution in [3.63, 3.8) is 0 Å². The third-order valence-electron chi connectivity index (χ3n) is 3.59. The van der Waals surface area contributed by atoms with Gasteiger partial charge in [0.25, 0.3) is 5.91 Å². The molecular weight excluding hydrogens is 318 g/mol. The van der Waals surface area contributed by atoms with Crippen LogP contribution in [0.25, 0.3) is 0 Å². The first-order valence-corrected chi connectivity index (χ1v) is 7.47. The van der Waals surface area contributed by atoms with E-state index in [1.54, 1.807) is 31.4 Å². The second-order valence-corrected chi connectivity index (χ2v) is 5.60. The van der Waals surface area contributed by atoms with E-state index in [1.807, 2.05) is 13.0 Å². The molecule has 0 bridgehead atoms. The Morgan fingerprint density at radius 3 is 2.83 bits per heavy atom. The summed E-state index contributed by atoms with van der Waals surface area (Å²) in [6.45, 7) is 2.41. The Morgan fingerprint density at radius 1 is 1.26 bits per heavy atom. The van der Waals surface area contributed by atoms with Gasteiger partial charge in [0.2, 0.25) is 6.79 Å². The van der Waals surface area contributed by atoms with Crippen molar-refractivity contribution in [3.05, 3.63) is 52.0 Å².